The lowest BCUT2D eigenvalue weighted by Crippen LogP contribution is -2.16. The summed E-state index contributed by atoms with van der Waals surface area (Å²) in [6.45, 7) is 2.69. The zero-order valence-electron chi connectivity index (χ0n) is 11.4. The zero-order chi connectivity index (χ0) is 15.0. The van der Waals surface area contributed by atoms with Gasteiger partial charge >= 0.3 is 0 Å². The summed E-state index contributed by atoms with van der Waals surface area (Å²) in [6.07, 6.45) is -1.11. The predicted molar refractivity (Wildman–Crippen MR) is 77.6 cm³/mol. The van der Waals surface area contributed by atoms with Crippen LogP contribution in [0.4, 0.5) is 4.39 Å². The van der Waals surface area contributed by atoms with Crippen LogP contribution in [-0.4, -0.2) is 18.3 Å². The third kappa shape index (κ3) is 2.69. The van der Waals surface area contributed by atoms with Gasteiger partial charge in [0.25, 0.3) is 0 Å². The summed E-state index contributed by atoms with van der Waals surface area (Å²) in [6, 6.07) is 7.81. The average molecular weight is 309 g/mol. The molecule has 0 bridgehead atoms. The highest BCUT2D eigenvalue weighted by molar-refractivity contribution is 6.32. The summed E-state index contributed by atoms with van der Waals surface area (Å²) in [5, 5.41) is 10.8. The third-order valence-electron chi connectivity index (χ3n) is 3.38. The maximum absolute atomic E-state index is 13.9. The molecule has 1 aliphatic heterocycles. The fourth-order valence-corrected chi connectivity index (χ4v) is 2.61. The molecule has 2 aromatic rings. The van der Waals surface area contributed by atoms with Crippen LogP contribution in [0, 0.1) is 12.7 Å². The van der Waals surface area contributed by atoms with E-state index in [4.69, 9.17) is 21.1 Å². The number of ether oxygens (including phenoxy) is 2. The Kier molecular flexibility index (Phi) is 3.74. The maximum Gasteiger partial charge on any atom is 0.179 e. The Bertz CT molecular complexity index is 687. The monoisotopic (exact) mass is 308 g/mol. The van der Waals surface area contributed by atoms with Crippen molar-refractivity contribution < 1.29 is 19.0 Å². The van der Waals surface area contributed by atoms with Crippen molar-refractivity contribution in [3.05, 3.63) is 57.9 Å². The number of fused-ring (bicyclic) bond motifs is 1. The van der Waals surface area contributed by atoms with Crippen LogP contribution in [-0.2, 0) is 0 Å². The van der Waals surface area contributed by atoms with Gasteiger partial charge in [-0.05, 0) is 30.7 Å². The van der Waals surface area contributed by atoms with Gasteiger partial charge in [-0.3, -0.25) is 0 Å². The first-order valence-electron chi connectivity index (χ1n) is 6.59. The normalized spacial score (nSPS) is 14.9. The molecule has 0 aromatic heterocycles. The van der Waals surface area contributed by atoms with Crippen LogP contribution in [0.15, 0.2) is 30.3 Å². The van der Waals surface area contributed by atoms with E-state index < -0.39 is 11.9 Å². The number of aryl methyl sites for hydroxylation is 1. The van der Waals surface area contributed by atoms with E-state index >= 15 is 0 Å². The van der Waals surface area contributed by atoms with Crippen molar-refractivity contribution >= 4 is 11.6 Å². The van der Waals surface area contributed by atoms with Crippen molar-refractivity contribution in [1.29, 1.82) is 0 Å². The molecule has 1 heterocycles. The SMILES string of the molecule is Cc1ccc(F)c(C(O)c2cc(Cl)c3c(c2)OCCO3)c1. The van der Waals surface area contributed by atoms with E-state index in [-0.39, 0.29) is 5.56 Å². The predicted octanol–water partition coefficient (Wildman–Crippen LogP) is 3.64. The van der Waals surface area contributed by atoms with Gasteiger partial charge in [0, 0.05) is 5.56 Å². The van der Waals surface area contributed by atoms with Crippen molar-refractivity contribution in [1.82, 2.24) is 0 Å². The van der Waals surface area contributed by atoms with Crippen LogP contribution in [0.5, 0.6) is 11.5 Å². The van der Waals surface area contributed by atoms with Crippen LogP contribution < -0.4 is 9.47 Å². The molecule has 110 valence electrons. The van der Waals surface area contributed by atoms with Crippen molar-refractivity contribution in [3.63, 3.8) is 0 Å². The molecule has 3 nitrogen and oxygen atoms in total. The molecule has 0 aliphatic carbocycles. The summed E-state index contributed by atoms with van der Waals surface area (Å²) < 4.78 is 24.8. The number of rotatable bonds is 2. The average Bonchev–Trinajstić information content (AvgIpc) is 2.49. The Labute approximate surface area is 126 Å². The quantitative estimate of drug-likeness (QED) is 0.920. The molecule has 0 saturated carbocycles. The molecule has 21 heavy (non-hydrogen) atoms. The van der Waals surface area contributed by atoms with Gasteiger partial charge in [0.2, 0.25) is 0 Å². The minimum atomic E-state index is -1.11. The fourth-order valence-electron chi connectivity index (χ4n) is 2.34. The Hall–Kier alpha value is -1.78. The smallest absolute Gasteiger partial charge is 0.179 e. The minimum absolute atomic E-state index is 0.211. The summed E-state index contributed by atoms with van der Waals surface area (Å²) in [4.78, 5) is 0. The van der Waals surface area contributed by atoms with Gasteiger partial charge in [-0.1, -0.05) is 29.3 Å². The molecule has 1 atom stereocenters. The fraction of sp³-hybridized carbons (Fsp3) is 0.250. The molecule has 1 unspecified atom stereocenters. The summed E-state index contributed by atoms with van der Waals surface area (Å²) in [5.74, 6) is 0.471. The Morgan fingerprint density at radius 3 is 2.76 bits per heavy atom. The Balaban J connectivity index is 2.03. The number of benzene rings is 2. The summed E-state index contributed by atoms with van der Waals surface area (Å²) in [7, 11) is 0. The topological polar surface area (TPSA) is 38.7 Å². The van der Waals surface area contributed by atoms with Crippen LogP contribution >= 0.6 is 11.6 Å². The van der Waals surface area contributed by atoms with E-state index in [2.05, 4.69) is 0 Å². The van der Waals surface area contributed by atoms with Gasteiger partial charge in [-0.25, -0.2) is 4.39 Å². The first kappa shape index (κ1) is 14.2. The van der Waals surface area contributed by atoms with Gasteiger partial charge < -0.3 is 14.6 Å². The van der Waals surface area contributed by atoms with Crippen LogP contribution in [0.25, 0.3) is 0 Å². The highest BCUT2D eigenvalue weighted by Crippen LogP contribution is 2.40. The second-order valence-corrected chi connectivity index (χ2v) is 5.36. The number of halogens is 2. The standard InChI is InChI=1S/C16H14ClFO3/c1-9-2-3-13(18)11(6-9)15(19)10-7-12(17)16-14(8-10)20-4-5-21-16/h2-3,6-8,15,19H,4-5H2,1H3. The molecule has 0 amide bonds. The molecule has 5 heteroatoms. The number of aliphatic hydroxyl groups excluding tert-OH is 1. The second kappa shape index (κ2) is 5.54. The molecular weight excluding hydrogens is 295 g/mol. The third-order valence-corrected chi connectivity index (χ3v) is 3.66. The first-order valence-corrected chi connectivity index (χ1v) is 6.97. The lowest BCUT2D eigenvalue weighted by Gasteiger charge is -2.22. The van der Waals surface area contributed by atoms with E-state index in [1.807, 2.05) is 6.92 Å². The molecule has 0 fully saturated rings. The molecular formula is C16H14ClFO3. The molecule has 2 aromatic carbocycles. The molecule has 0 radical (unpaired) electrons. The van der Waals surface area contributed by atoms with Crippen molar-refractivity contribution in [2.24, 2.45) is 0 Å². The maximum atomic E-state index is 13.9. The van der Waals surface area contributed by atoms with E-state index in [0.717, 1.165) is 5.56 Å². The van der Waals surface area contributed by atoms with Crippen molar-refractivity contribution in [3.8, 4) is 11.5 Å². The zero-order valence-corrected chi connectivity index (χ0v) is 12.2. The molecule has 0 saturated heterocycles. The summed E-state index contributed by atoms with van der Waals surface area (Å²) in [5.41, 5.74) is 1.55. The summed E-state index contributed by atoms with van der Waals surface area (Å²) >= 11 is 6.14. The van der Waals surface area contributed by atoms with Crippen molar-refractivity contribution in [2.45, 2.75) is 13.0 Å². The van der Waals surface area contributed by atoms with Crippen LogP contribution in [0.1, 0.15) is 22.8 Å². The van der Waals surface area contributed by atoms with Crippen LogP contribution in [0.3, 0.4) is 0 Å². The van der Waals surface area contributed by atoms with Gasteiger partial charge in [-0.15, -0.1) is 0 Å². The largest absolute Gasteiger partial charge is 0.486 e. The number of hydrogen-bond acceptors (Lipinski definition) is 3. The van der Waals surface area contributed by atoms with E-state index in [0.29, 0.717) is 35.3 Å². The Morgan fingerprint density at radius 1 is 1.19 bits per heavy atom. The number of hydrogen-bond donors (Lipinski definition) is 1. The van der Waals surface area contributed by atoms with E-state index in [1.165, 1.54) is 6.07 Å². The Morgan fingerprint density at radius 2 is 1.95 bits per heavy atom. The van der Waals surface area contributed by atoms with Gasteiger partial charge in [0.1, 0.15) is 25.1 Å². The molecule has 0 spiro atoms. The highest BCUT2D eigenvalue weighted by Gasteiger charge is 2.22. The van der Waals surface area contributed by atoms with Gasteiger partial charge in [0.15, 0.2) is 11.5 Å². The van der Waals surface area contributed by atoms with E-state index in [9.17, 15) is 9.50 Å². The van der Waals surface area contributed by atoms with Gasteiger partial charge in [0.05, 0.1) is 5.02 Å². The van der Waals surface area contributed by atoms with Crippen LogP contribution in [0.2, 0.25) is 5.02 Å². The second-order valence-electron chi connectivity index (χ2n) is 4.95. The van der Waals surface area contributed by atoms with Crippen molar-refractivity contribution in [2.75, 3.05) is 13.2 Å². The first-order chi connectivity index (χ1) is 10.1. The molecule has 1 aliphatic rings. The highest BCUT2D eigenvalue weighted by atomic mass is 35.5. The van der Waals surface area contributed by atoms with Gasteiger partial charge in [-0.2, -0.15) is 0 Å². The molecule has 1 N–H and O–H groups in total. The molecule has 3 rings (SSSR count). The lowest BCUT2D eigenvalue weighted by molar-refractivity contribution is 0.169. The minimum Gasteiger partial charge on any atom is -0.486 e. The number of aliphatic hydroxyl groups is 1. The lowest BCUT2D eigenvalue weighted by atomic mass is 9.99. The van der Waals surface area contributed by atoms with E-state index in [1.54, 1.807) is 24.3 Å².